The van der Waals surface area contributed by atoms with Crippen molar-refractivity contribution >= 4 is 34.0 Å². The lowest BCUT2D eigenvalue weighted by molar-refractivity contribution is -0.384. The zero-order valence-corrected chi connectivity index (χ0v) is 19.4. The molecule has 0 aliphatic heterocycles. The van der Waals surface area contributed by atoms with Crippen molar-refractivity contribution in [1.82, 2.24) is 0 Å². The van der Waals surface area contributed by atoms with Gasteiger partial charge in [0.1, 0.15) is 12.4 Å². The Bertz CT molecular complexity index is 1020. The van der Waals surface area contributed by atoms with Crippen LogP contribution in [-0.2, 0) is 13.2 Å². The molecule has 0 aliphatic rings. The molecular formula is C23H23IN2O5. The predicted octanol–water partition coefficient (Wildman–Crippen LogP) is 5.80. The molecule has 0 heterocycles. The Morgan fingerprint density at radius 2 is 1.71 bits per heavy atom. The highest BCUT2D eigenvalue weighted by Crippen LogP contribution is 2.35. The van der Waals surface area contributed by atoms with Crippen molar-refractivity contribution in [3.63, 3.8) is 0 Å². The summed E-state index contributed by atoms with van der Waals surface area (Å²) >= 11 is 2.23. The van der Waals surface area contributed by atoms with Crippen LogP contribution in [-0.4, -0.2) is 18.6 Å². The van der Waals surface area contributed by atoms with E-state index in [-0.39, 0.29) is 12.3 Å². The zero-order chi connectivity index (χ0) is 22.2. The fourth-order valence-electron chi connectivity index (χ4n) is 2.91. The van der Waals surface area contributed by atoms with Crippen LogP contribution in [0.25, 0.3) is 0 Å². The Kier molecular flexibility index (Phi) is 7.94. The maximum absolute atomic E-state index is 10.8. The first-order chi connectivity index (χ1) is 15.0. The normalized spacial score (nSPS) is 10.4. The van der Waals surface area contributed by atoms with Gasteiger partial charge in [0, 0.05) is 24.4 Å². The summed E-state index contributed by atoms with van der Waals surface area (Å²) in [6.45, 7) is 3.36. The smallest absolute Gasteiger partial charge is 0.269 e. The van der Waals surface area contributed by atoms with Crippen LogP contribution in [0.15, 0.2) is 60.7 Å². The van der Waals surface area contributed by atoms with Crippen LogP contribution >= 0.6 is 22.6 Å². The molecule has 3 aromatic rings. The maximum atomic E-state index is 10.8. The highest BCUT2D eigenvalue weighted by Gasteiger charge is 2.13. The first-order valence-electron chi connectivity index (χ1n) is 9.69. The number of nitro benzene ring substituents is 1. The molecule has 7 nitrogen and oxygen atoms in total. The number of halogens is 1. The third kappa shape index (κ3) is 6.24. The molecule has 3 aromatic carbocycles. The monoisotopic (exact) mass is 534 g/mol. The Hall–Kier alpha value is -3.01. The molecule has 162 valence electrons. The largest absolute Gasteiger partial charge is 0.497 e. The Balaban J connectivity index is 1.70. The summed E-state index contributed by atoms with van der Waals surface area (Å²) in [4.78, 5) is 10.4. The highest BCUT2D eigenvalue weighted by atomic mass is 127. The van der Waals surface area contributed by atoms with E-state index in [1.54, 1.807) is 19.2 Å². The lowest BCUT2D eigenvalue weighted by Crippen LogP contribution is -2.05. The van der Waals surface area contributed by atoms with Crippen molar-refractivity contribution in [2.24, 2.45) is 0 Å². The Morgan fingerprint density at radius 3 is 2.32 bits per heavy atom. The number of hydrogen-bond acceptors (Lipinski definition) is 6. The SMILES string of the molecule is CCOc1cc(CNc2ccc(OC)cc2)cc(I)c1OCc1ccc([N+](=O)[O-])cc1. The first-order valence-corrected chi connectivity index (χ1v) is 10.8. The van der Waals surface area contributed by atoms with Crippen LogP contribution < -0.4 is 19.5 Å². The Labute approximate surface area is 194 Å². The van der Waals surface area contributed by atoms with E-state index in [2.05, 4.69) is 27.9 Å². The van der Waals surface area contributed by atoms with E-state index < -0.39 is 4.92 Å². The first kappa shape index (κ1) is 22.7. The number of ether oxygens (including phenoxy) is 3. The van der Waals surface area contributed by atoms with Gasteiger partial charge in [0.2, 0.25) is 0 Å². The lowest BCUT2D eigenvalue weighted by Gasteiger charge is -2.16. The minimum absolute atomic E-state index is 0.0575. The number of nitro groups is 1. The van der Waals surface area contributed by atoms with E-state index >= 15 is 0 Å². The molecule has 1 N–H and O–H groups in total. The summed E-state index contributed by atoms with van der Waals surface area (Å²) in [5, 5.41) is 14.2. The molecule has 0 saturated heterocycles. The summed E-state index contributed by atoms with van der Waals surface area (Å²) in [6, 6.07) is 18.1. The minimum atomic E-state index is -0.417. The molecule has 0 unspecified atom stereocenters. The molecule has 0 radical (unpaired) electrons. The average Bonchev–Trinajstić information content (AvgIpc) is 2.78. The third-order valence-corrected chi connectivity index (χ3v) is 5.29. The van der Waals surface area contributed by atoms with Crippen LogP contribution in [0, 0.1) is 13.7 Å². The number of hydrogen-bond donors (Lipinski definition) is 1. The van der Waals surface area contributed by atoms with E-state index in [1.807, 2.05) is 43.3 Å². The van der Waals surface area contributed by atoms with Crippen molar-refractivity contribution in [1.29, 1.82) is 0 Å². The van der Waals surface area contributed by atoms with Gasteiger partial charge in [-0.15, -0.1) is 0 Å². The molecule has 3 rings (SSSR count). The molecule has 0 amide bonds. The summed E-state index contributed by atoms with van der Waals surface area (Å²) in [5.74, 6) is 2.14. The van der Waals surface area contributed by atoms with Gasteiger partial charge in [-0.1, -0.05) is 0 Å². The van der Waals surface area contributed by atoms with Crippen LogP contribution in [0.1, 0.15) is 18.1 Å². The van der Waals surface area contributed by atoms with Crippen LogP contribution in [0.2, 0.25) is 0 Å². The maximum Gasteiger partial charge on any atom is 0.269 e. The second-order valence-corrected chi connectivity index (χ2v) is 7.79. The number of rotatable bonds is 10. The minimum Gasteiger partial charge on any atom is -0.497 e. The summed E-state index contributed by atoms with van der Waals surface area (Å²) in [6.07, 6.45) is 0. The van der Waals surface area contributed by atoms with Crippen molar-refractivity contribution < 1.29 is 19.1 Å². The second kappa shape index (κ2) is 10.9. The van der Waals surface area contributed by atoms with Gasteiger partial charge in [-0.25, -0.2) is 0 Å². The lowest BCUT2D eigenvalue weighted by atomic mass is 10.2. The van der Waals surface area contributed by atoms with E-state index in [1.165, 1.54) is 12.1 Å². The van der Waals surface area contributed by atoms with Crippen molar-refractivity contribution in [3.8, 4) is 17.2 Å². The molecular weight excluding hydrogens is 511 g/mol. The number of nitrogens with zero attached hydrogens (tertiary/aromatic N) is 1. The Morgan fingerprint density at radius 1 is 1.00 bits per heavy atom. The molecule has 0 aliphatic carbocycles. The van der Waals surface area contributed by atoms with Gasteiger partial charge in [0.05, 0.1) is 22.2 Å². The van der Waals surface area contributed by atoms with Crippen LogP contribution in [0.5, 0.6) is 17.2 Å². The number of anilines is 1. The molecule has 0 bridgehead atoms. The van der Waals surface area contributed by atoms with Gasteiger partial charge < -0.3 is 19.5 Å². The predicted molar refractivity (Wildman–Crippen MR) is 128 cm³/mol. The molecule has 0 saturated carbocycles. The van der Waals surface area contributed by atoms with Crippen molar-refractivity contribution in [3.05, 3.63) is 85.5 Å². The number of nitrogens with one attached hydrogen (secondary N) is 1. The number of non-ortho nitro benzene ring substituents is 1. The van der Waals surface area contributed by atoms with Crippen LogP contribution in [0.3, 0.4) is 0 Å². The van der Waals surface area contributed by atoms with E-state index in [0.717, 1.165) is 26.1 Å². The molecule has 0 fully saturated rings. The topological polar surface area (TPSA) is 82.9 Å². The average molecular weight is 534 g/mol. The molecule has 0 atom stereocenters. The molecule has 8 heteroatoms. The summed E-state index contributed by atoms with van der Waals surface area (Å²) in [7, 11) is 1.64. The molecule has 0 aromatic heterocycles. The van der Waals surface area contributed by atoms with Gasteiger partial charge in [-0.2, -0.15) is 0 Å². The van der Waals surface area contributed by atoms with Gasteiger partial charge in [0.25, 0.3) is 5.69 Å². The van der Waals surface area contributed by atoms with Crippen molar-refractivity contribution in [2.45, 2.75) is 20.1 Å². The standard InChI is InChI=1S/C23H23IN2O5/c1-3-30-22-13-17(14-25-18-6-10-20(29-2)11-7-18)12-21(24)23(22)31-15-16-4-8-19(9-5-16)26(27)28/h4-13,25H,3,14-15H2,1-2H3. The third-order valence-electron chi connectivity index (χ3n) is 4.49. The molecule has 31 heavy (non-hydrogen) atoms. The van der Waals surface area contributed by atoms with Gasteiger partial charge in [-0.3, -0.25) is 10.1 Å². The fourth-order valence-corrected chi connectivity index (χ4v) is 3.73. The highest BCUT2D eigenvalue weighted by molar-refractivity contribution is 14.1. The zero-order valence-electron chi connectivity index (χ0n) is 17.3. The van der Waals surface area contributed by atoms with Gasteiger partial charge in [0.15, 0.2) is 11.5 Å². The van der Waals surface area contributed by atoms with Gasteiger partial charge in [-0.05, 0) is 89.2 Å². The summed E-state index contributed by atoms with van der Waals surface area (Å²) < 4.78 is 17.9. The van der Waals surface area contributed by atoms with Crippen LogP contribution in [0.4, 0.5) is 11.4 Å². The summed E-state index contributed by atoms with van der Waals surface area (Å²) in [5.41, 5.74) is 2.95. The molecule has 0 spiro atoms. The van der Waals surface area contributed by atoms with E-state index in [0.29, 0.717) is 24.7 Å². The fraction of sp³-hybridized carbons (Fsp3) is 0.217. The second-order valence-electron chi connectivity index (χ2n) is 6.63. The van der Waals surface area contributed by atoms with Crippen molar-refractivity contribution in [2.75, 3.05) is 19.0 Å². The van der Waals surface area contributed by atoms with Gasteiger partial charge >= 0.3 is 0 Å². The quantitative estimate of drug-likeness (QED) is 0.201. The number of methoxy groups -OCH3 is 1. The van der Waals surface area contributed by atoms with E-state index in [4.69, 9.17) is 14.2 Å². The number of benzene rings is 3. The van der Waals surface area contributed by atoms with E-state index in [9.17, 15) is 10.1 Å².